The third kappa shape index (κ3) is 3.07. The summed E-state index contributed by atoms with van der Waals surface area (Å²) in [4.78, 5) is 13.0. The molecule has 0 aliphatic rings. The molecule has 0 unspecified atom stereocenters. The molecule has 0 bridgehead atoms. The largest absolute Gasteiger partial charge is 0.491 e. The smallest absolute Gasteiger partial charge is 0.187 e. The second-order valence-corrected chi connectivity index (χ2v) is 6.03. The summed E-state index contributed by atoms with van der Waals surface area (Å²) in [6.45, 7) is 2.06. The number of aryl methyl sites for hydroxylation is 1. The molecule has 0 spiro atoms. The van der Waals surface area contributed by atoms with Gasteiger partial charge >= 0.3 is 0 Å². The number of hydrogen-bond acceptors (Lipinski definition) is 5. The zero-order chi connectivity index (χ0) is 17.9. The van der Waals surface area contributed by atoms with Crippen LogP contribution in [0, 0.1) is 6.92 Å². The molecule has 0 saturated heterocycles. The quantitative estimate of drug-likeness (QED) is 0.580. The van der Waals surface area contributed by atoms with Crippen LogP contribution < -0.4 is 10.1 Å². The SMILES string of the molecule is COc1c(Nc2ccc3ccncc3c2)ncnc1-c1ccc(C)cc1. The normalized spacial score (nSPS) is 10.7. The molecule has 5 nitrogen and oxygen atoms in total. The van der Waals surface area contributed by atoms with Crippen molar-refractivity contribution in [2.45, 2.75) is 6.92 Å². The van der Waals surface area contributed by atoms with Crippen LogP contribution in [0.3, 0.4) is 0 Å². The molecule has 2 heterocycles. The van der Waals surface area contributed by atoms with Gasteiger partial charge in [0.15, 0.2) is 11.6 Å². The first kappa shape index (κ1) is 16.0. The number of rotatable bonds is 4. The third-order valence-corrected chi connectivity index (χ3v) is 4.24. The maximum Gasteiger partial charge on any atom is 0.187 e. The van der Waals surface area contributed by atoms with Crippen LogP contribution >= 0.6 is 0 Å². The van der Waals surface area contributed by atoms with E-state index < -0.39 is 0 Å². The fraction of sp³-hybridized carbons (Fsp3) is 0.0952. The van der Waals surface area contributed by atoms with Crippen LogP contribution in [0.5, 0.6) is 5.75 Å². The number of benzene rings is 2. The van der Waals surface area contributed by atoms with Gasteiger partial charge in [0, 0.05) is 29.0 Å². The Labute approximate surface area is 151 Å². The van der Waals surface area contributed by atoms with E-state index in [1.54, 1.807) is 19.6 Å². The standard InChI is InChI=1S/C21H18N4O/c1-14-3-5-16(6-4-14)19-20(26-2)21(24-13-23-19)25-18-8-7-15-9-10-22-12-17(15)11-18/h3-13H,1-2H3,(H,23,24,25). The summed E-state index contributed by atoms with van der Waals surface area (Å²) in [5.41, 5.74) is 3.86. The maximum absolute atomic E-state index is 5.62. The molecule has 0 fully saturated rings. The fourth-order valence-corrected chi connectivity index (χ4v) is 2.87. The Balaban J connectivity index is 1.73. The highest BCUT2D eigenvalue weighted by Crippen LogP contribution is 2.34. The van der Waals surface area contributed by atoms with Crippen LogP contribution in [0.4, 0.5) is 11.5 Å². The molecule has 0 amide bonds. The van der Waals surface area contributed by atoms with E-state index in [1.807, 2.05) is 42.6 Å². The lowest BCUT2D eigenvalue weighted by Crippen LogP contribution is -2.01. The number of methoxy groups -OCH3 is 1. The molecule has 5 heteroatoms. The molecule has 4 aromatic rings. The van der Waals surface area contributed by atoms with Crippen LogP contribution in [0.15, 0.2) is 67.3 Å². The van der Waals surface area contributed by atoms with Crippen LogP contribution in [-0.2, 0) is 0 Å². The van der Waals surface area contributed by atoms with Gasteiger partial charge in [-0.2, -0.15) is 0 Å². The van der Waals surface area contributed by atoms with Crippen LogP contribution in [0.25, 0.3) is 22.0 Å². The van der Waals surface area contributed by atoms with Crippen LogP contribution in [-0.4, -0.2) is 22.1 Å². The molecule has 2 aromatic heterocycles. The minimum atomic E-state index is 0.614. The minimum Gasteiger partial charge on any atom is -0.491 e. The molecule has 0 radical (unpaired) electrons. The molecule has 4 rings (SSSR count). The van der Waals surface area contributed by atoms with Gasteiger partial charge in [-0.05, 0) is 30.5 Å². The highest BCUT2D eigenvalue weighted by Gasteiger charge is 2.14. The van der Waals surface area contributed by atoms with Crippen molar-refractivity contribution in [2.24, 2.45) is 0 Å². The second kappa shape index (κ2) is 6.80. The summed E-state index contributed by atoms with van der Waals surface area (Å²) in [5.74, 6) is 1.24. The fourth-order valence-electron chi connectivity index (χ4n) is 2.87. The molecule has 26 heavy (non-hydrogen) atoms. The van der Waals surface area contributed by atoms with Gasteiger partial charge in [-0.1, -0.05) is 35.9 Å². The van der Waals surface area contributed by atoms with Crippen molar-refractivity contribution in [1.82, 2.24) is 15.0 Å². The summed E-state index contributed by atoms with van der Waals surface area (Å²) < 4.78 is 5.62. The summed E-state index contributed by atoms with van der Waals surface area (Å²) in [6.07, 6.45) is 5.18. The van der Waals surface area contributed by atoms with Crippen molar-refractivity contribution in [3.8, 4) is 17.0 Å². The Kier molecular flexibility index (Phi) is 4.19. The Morgan fingerprint density at radius 2 is 1.77 bits per heavy atom. The van der Waals surface area contributed by atoms with E-state index in [0.29, 0.717) is 11.6 Å². The van der Waals surface area contributed by atoms with Gasteiger partial charge < -0.3 is 10.1 Å². The van der Waals surface area contributed by atoms with Crippen molar-refractivity contribution in [3.63, 3.8) is 0 Å². The average Bonchev–Trinajstić information content (AvgIpc) is 2.68. The molecule has 0 saturated carbocycles. The Hall–Kier alpha value is -3.47. The first-order valence-corrected chi connectivity index (χ1v) is 8.31. The molecule has 0 atom stereocenters. The Morgan fingerprint density at radius 3 is 2.58 bits per heavy atom. The first-order valence-electron chi connectivity index (χ1n) is 8.31. The zero-order valence-corrected chi connectivity index (χ0v) is 14.6. The van der Waals surface area contributed by atoms with E-state index in [2.05, 4.69) is 39.3 Å². The predicted molar refractivity (Wildman–Crippen MR) is 104 cm³/mol. The van der Waals surface area contributed by atoms with Crippen molar-refractivity contribution >= 4 is 22.3 Å². The second-order valence-electron chi connectivity index (χ2n) is 6.03. The van der Waals surface area contributed by atoms with Crippen molar-refractivity contribution in [3.05, 3.63) is 72.8 Å². The van der Waals surface area contributed by atoms with E-state index in [0.717, 1.165) is 27.7 Å². The highest BCUT2D eigenvalue weighted by atomic mass is 16.5. The van der Waals surface area contributed by atoms with Gasteiger partial charge in [0.2, 0.25) is 0 Å². The highest BCUT2D eigenvalue weighted by molar-refractivity contribution is 5.86. The summed E-state index contributed by atoms with van der Waals surface area (Å²) in [7, 11) is 1.63. The van der Waals surface area contributed by atoms with Gasteiger partial charge in [0.05, 0.1) is 7.11 Å². The molecule has 1 N–H and O–H groups in total. The first-order chi connectivity index (χ1) is 12.7. The third-order valence-electron chi connectivity index (χ3n) is 4.24. The lowest BCUT2D eigenvalue weighted by Gasteiger charge is -2.14. The number of pyridine rings is 1. The molecule has 2 aromatic carbocycles. The summed E-state index contributed by atoms with van der Waals surface area (Å²) in [5, 5.41) is 5.53. The van der Waals surface area contributed by atoms with Gasteiger partial charge in [-0.3, -0.25) is 4.98 Å². The number of nitrogens with zero attached hydrogens (tertiary/aromatic N) is 3. The predicted octanol–water partition coefficient (Wildman–Crippen LogP) is 4.75. The lowest BCUT2D eigenvalue weighted by atomic mass is 10.1. The van der Waals surface area contributed by atoms with Gasteiger partial charge in [-0.15, -0.1) is 0 Å². The van der Waals surface area contributed by atoms with E-state index in [-0.39, 0.29) is 0 Å². The number of fused-ring (bicyclic) bond motifs is 1. The molecule has 128 valence electrons. The molecule has 0 aliphatic carbocycles. The summed E-state index contributed by atoms with van der Waals surface area (Å²) >= 11 is 0. The topological polar surface area (TPSA) is 59.9 Å². The zero-order valence-electron chi connectivity index (χ0n) is 14.6. The van der Waals surface area contributed by atoms with Crippen molar-refractivity contribution < 1.29 is 4.74 Å². The minimum absolute atomic E-state index is 0.614. The Bertz CT molecular complexity index is 1060. The van der Waals surface area contributed by atoms with Crippen molar-refractivity contribution in [2.75, 3.05) is 12.4 Å². The summed E-state index contributed by atoms with van der Waals surface area (Å²) in [6, 6.07) is 16.3. The van der Waals surface area contributed by atoms with Crippen LogP contribution in [0.2, 0.25) is 0 Å². The van der Waals surface area contributed by atoms with Gasteiger partial charge in [0.1, 0.15) is 12.0 Å². The number of anilines is 2. The average molecular weight is 342 g/mol. The number of aromatic nitrogens is 3. The number of nitrogens with one attached hydrogen (secondary N) is 1. The maximum atomic E-state index is 5.62. The molecule has 0 aliphatic heterocycles. The molecular weight excluding hydrogens is 324 g/mol. The van der Waals surface area contributed by atoms with Gasteiger partial charge in [0.25, 0.3) is 0 Å². The van der Waals surface area contributed by atoms with Gasteiger partial charge in [-0.25, -0.2) is 9.97 Å². The molecular formula is C21H18N4O. The van der Waals surface area contributed by atoms with E-state index in [9.17, 15) is 0 Å². The van der Waals surface area contributed by atoms with E-state index in [4.69, 9.17) is 4.74 Å². The van der Waals surface area contributed by atoms with E-state index in [1.165, 1.54) is 5.56 Å². The monoisotopic (exact) mass is 342 g/mol. The Morgan fingerprint density at radius 1 is 0.923 bits per heavy atom. The lowest BCUT2D eigenvalue weighted by molar-refractivity contribution is 0.415. The number of hydrogen-bond donors (Lipinski definition) is 1. The number of ether oxygens (including phenoxy) is 1. The van der Waals surface area contributed by atoms with Crippen LogP contribution in [0.1, 0.15) is 5.56 Å². The van der Waals surface area contributed by atoms with E-state index >= 15 is 0 Å². The van der Waals surface area contributed by atoms with Crippen molar-refractivity contribution in [1.29, 1.82) is 0 Å².